The van der Waals surface area contributed by atoms with E-state index in [1.54, 1.807) is 24.3 Å². The zero-order chi connectivity index (χ0) is 31.0. The lowest BCUT2D eigenvalue weighted by molar-refractivity contribution is -0.133. The Morgan fingerprint density at radius 3 is 2.35 bits per heavy atom. The van der Waals surface area contributed by atoms with Gasteiger partial charge in [-0.3, -0.25) is 9.69 Å². The Hall–Kier alpha value is -3.32. The van der Waals surface area contributed by atoms with Crippen molar-refractivity contribution in [3.8, 4) is 5.75 Å². The molecule has 7 heteroatoms. The van der Waals surface area contributed by atoms with Crippen LogP contribution in [0.15, 0.2) is 79.0 Å². The first-order chi connectivity index (χ1) is 20.5. The smallest absolute Gasteiger partial charge is 0.237 e. The van der Waals surface area contributed by atoms with Gasteiger partial charge in [0.25, 0.3) is 0 Å². The highest BCUT2D eigenvalue weighted by atomic mass is 35.5. The molecule has 1 atom stereocenters. The molecule has 0 aliphatic rings. The quantitative estimate of drug-likeness (QED) is 0.161. The fourth-order valence-corrected chi connectivity index (χ4v) is 5.43. The lowest BCUT2D eigenvalue weighted by Crippen LogP contribution is -2.45. The van der Waals surface area contributed by atoms with E-state index < -0.39 is 6.10 Å². The number of ether oxygens (including phenoxy) is 1. The number of carbonyl (C=O) groups is 1. The Bertz CT molecular complexity index is 1440. The summed E-state index contributed by atoms with van der Waals surface area (Å²) in [5.74, 6) is 1.03. The van der Waals surface area contributed by atoms with Gasteiger partial charge in [-0.25, -0.2) is 0 Å². The molecule has 6 nitrogen and oxygen atoms in total. The first-order valence-electron chi connectivity index (χ1n) is 15.2. The summed E-state index contributed by atoms with van der Waals surface area (Å²) >= 11 is 5.97. The van der Waals surface area contributed by atoms with Crippen LogP contribution < -0.4 is 4.74 Å². The Morgan fingerprint density at radius 1 is 0.977 bits per heavy atom. The van der Waals surface area contributed by atoms with Gasteiger partial charge in [-0.05, 0) is 64.8 Å². The minimum Gasteiger partial charge on any atom is -0.491 e. The van der Waals surface area contributed by atoms with Crippen molar-refractivity contribution in [3.05, 3.63) is 101 Å². The second kappa shape index (κ2) is 14.9. The molecule has 0 aliphatic heterocycles. The molecule has 2 N–H and O–H groups in total. The highest BCUT2D eigenvalue weighted by Gasteiger charge is 2.22. The Morgan fingerprint density at radius 2 is 1.67 bits per heavy atom. The van der Waals surface area contributed by atoms with E-state index in [0.717, 1.165) is 17.5 Å². The van der Waals surface area contributed by atoms with Gasteiger partial charge in [0.1, 0.15) is 18.5 Å². The third-order valence-corrected chi connectivity index (χ3v) is 7.83. The van der Waals surface area contributed by atoms with Crippen molar-refractivity contribution in [2.75, 3.05) is 32.8 Å². The monoisotopic (exact) mass is 603 g/mol. The molecule has 43 heavy (non-hydrogen) atoms. The van der Waals surface area contributed by atoms with Crippen molar-refractivity contribution in [3.63, 3.8) is 0 Å². The third-order valence-electron chi connectivity index (χ3n) is 7.58. The average Bonchev–Trinajstić information content (AvgIpc) is 3.37. The Balaban J connectivity index is 1.46. The normalized spacial score (nSPS) is 12.7. The Labute approximate surface area is 261 Å². The summed E-state index contributed by atoms with van der Waals surface area (Å²) in [5, 5.41) is 12.7. The van der Waals surface area contributed by atoms with Crippen molar-refractivity contribution in [2.45, 2.75) is 59.1 Å². The van der Waals surface area contributed by atoms with Gasteiger partial charge < -0.3 is 19.7 Å². The van der Waals surface area contributed by atoms with Gasteiger partial charge in [0, 0.05) is 48.3 Å². The summed E-state index contributed by atoms with van der Waals surface area (Å²) < 4.78 is 5.77. The van der Waals surface area contributed by atoms with Crippen LogP contribution in [0.2, 0.25) is 5.02 Å². The zero-order valence-electron chi connectivity index (χ0n) is 26.1. The molecule has 0 bridgehead atoms. The number of aliphatic hydroxyl groups is 1. The molecule has 3 aromatic carbocycles. The van der Waals surface area contributed by atoms with E-state index in [1.165, 1.54) is 16.5 Å². The average molecular weight is 604 g/mol. The van der Waals surface area contributed by atoms with Gasteiger partial charge in [0.05, 0.1) is 6.54 Å². The fourth-order valence-electron chi connectivity index (χ4n) is 5.30. The molecule has 1 heterocycles. The van der Waals surface area contributed by atoms with Crippen LogP contribution in [0.25, 0.3) is 10.9 Å². The largest absolute Gasteiger partial charge is 0.491 e. The van der Waals surface area contributed by atoms with E-state index in [9.17, 15) is 9.90 Å². The number of aromatic nitrogens is 1. The zero-order valence-corrected chi connectivity index (χ0v) is 26.9. The number of aromatic amines is 1. The maximum absolute atomic E-state index is 13.9. The number of benzene rings is 3. The number of para-hydroxylation sites is 1. The molecule has 0 radical (unpaired) electrons. The number of aliphatic hydroxyl groups excluding tert-OH is 1. The molecule has 0 saturated heterocycles. The number of nitrogens with one attached hydrogen (secondary N) is 1. The molecule has 230 valence electrons. The molecule has 0 aliphatic carbocycles. The van der Waals surface area contributed by atoms with Crippen molar-refractivity contribution < 1.29 is 14.6 Å². The van der Waals surface area contributed by atoms with Gasteiger partial charge in [0.15, 0.2) is 0 Å². The van der Waals surface area contributed by atoms with Crippen LogP contribution in [0.3, 0.4) is 0 Å². The number of carbonyl (C=O) groups excluding carboxylic acids is 1. The van der Waals surface area contributed by atoms with E-state index in [2.05, 4.69) is 76.0 Å². The van der Waals surface area contributed by atoms with Crippen LogP contribution in [0.5, 0.6) is 5.75 Å². The lowest BCUT2D eigenvalue weighted by atomic mass is 9.87. The van der Waals surface area contributed by atoms with E-state index in [-0.39, 0.29) is 24.5 Å². The van der Waals surface area contributed by atoms with E-state index in [0.29, 0.717) is 42.9 Å². The van der Waals surface area contributed by atoms with E-state index in [4.69, 9.17) is 16.3 Å². The fraction of sp³-hybridized carbons (Fsp3) is 0.417. The number of nitrogens with zero attached hydrogens (tertiary/aromatic N) is 2. The molecule has 0 saturated carbocycles. The summed E-state index contributed by atoms with van der Waals surface area (Å²) in [6.45, 7) is 13.4. The van der Waals surface area contributed by atoms with Crippen LogP contribution in [-0.4, -0.2) is 64.7 Å². The summed E-state index contributed by atoms with van der Waals surface area (Å²) in [6.07, 6.45) is 2.05. The minimum atomic E-state index is -0.744. The predicted molar refractivity (Wildman–Crippen MR) is 177 cm³/mol. The summed E-state index contributed by atoms with van der Waals surface area (Å²) in [5.41, 5.74) is 4.74. The summed E-state index contributed by atoms with van der Waals surface area (Å²) in [4.78, 5) is 21.3. The molecule has 1 aromatic heterocycles. The molecule has 4 aromatic rings. The molecular formula is C36H46ClN3O3. The number of hydrogen-bond donors (Lipinski definition) is 2. The lowest BCUT2D eigenvalue weighted by Gasteiger charge is -2.30. The van der Waals surface area contributed by atoms with E-state index >= 15 is 0 Å². The highest BCUT2D eigenvalue weighted by molar-refractivity contribution is 6.30. The molecule has 0 fully saturated rings. The van der Waals surface area contributed by atoms with Crippen molar-refractivity contribution >= 4 is 28.4 Å². The van der Waals surface area contributed by atoms with Crippen LogP contribution >= 0.6 is 11.6 Å². The summed E-state index contributed by atoms with van der Waals surface area (Å²) in [6, 6.07) is 24.0. The summed E-state index contributed by atoms with van der Waals surface area (Å²) in [7, 11) is 0. The molecular weight excluding hydrogens is 558 g/mol. The van der Waals surface area contributed by atoms with Gasteiger partial charge in [-0.15, -0.1) is 0 Å². The minimum absolute atomic E-state index is 0.0474. The molecule has 1 unspecified atom stereocenters. The number of hydrogen-bond acceptors (Lipinski definition) is 4. The number of H-pyrrole nitrogens is 1. The number of rotatable bonds is 14. The second-order valence-corrected chi connectivity index (χ2v) is 13.3. The second-order valence-electron chi connectivity index (χ2n) is 12.9. The van der Waals surface area contributed by atoms with Gasteiger partial charge in [-0.2, -0.15) is 0 Å². The van der Waals surface area contributed by atoms with Crippen LogP contribution in [0.1, 0.15) is 51.3 Å². The van der Waals surface area contributed by atoms with Crippen LogP contribution in [-0.2, 0) is 23.2 Å². The first kappa shape index (κ1) is 32.6. The highest BCUT2D eigenvalue weighted by Crippen LogP contribution is 2.23. The van der Waals surface area contributed by atoms with Crippen LogP contribution in [0.4, 0.5) is 0 Å². The van der Waals surface area contributed by atoms with Crippen molar-refractivity contribution in [2.24, 2.45) is 5.92 Å². The number of amides is 1. The standard InChI is InChI=1S/C36H46ClN3O3/c1-26(2)21-39(23-31(41)25-43-32-16-14-30(37)15-17-32)24-35(42)40(22-27-10-12-29(13-11-27)36(3,4)5)19-18-28-20-38-34-9-7-6-8-33(28)34/h6-17,20,26,31,38,41H,18-19,21-25H2,1-5H3. The predicted octanol–water partition coefficient (Wildman–Crippen LogP) is 7.09. The van der Waals surface area contributed by atoms with Crippen molar-refractivity contribution in [1.29, 1.82) is 0 Å². The van der Waals surface area contributed by atoms with Crippen molar-refractivity contribution in [1.82, 2.24) is 14.8 Å². The maximum atomic E-state index is 13.9. The van der Waals surface area contributed by atoms with Gasteiger partial charge >= 0.3 is 0 Å². The Kier molecular flexibility index (Phi) is 11.3. The molecule has 0 spiro atoms. The maximum Gasteiger partial charge on any atom is 0.237 e. The number of halogens is 1. The first-order valence-corrected chi connectivity index (χ1v) is 15.6. The molecule has 4 rings (SSSR count). The third kappa shape index (κ3) is 9.85. The number of fused-ring (bicyclic) bond motifs is 1. The van der Waals surface area contributed by atoms with Crippen LogP contribution in [0, 0.1) is 5.92 Å². The van der Waals surface area contributed by atoms with E-state index in [1.807, 2.05) is 28.1 Å². The van der Waals surface area contributed by atoms with Gasteiger partial charge in [-0.1, -0.05) is 88.7 Å². The SMILES string of the molecule is CC(C)CN(CC(=O)N(CCc1c[nH]c2ccccc12)Cc1ccc(C(C)(C)C)cc1)CC(O)COc1ccc(Cl)cc1. The topological polar surface area (TPSA) is 68.8 Å². The molecule has 1 amide bonds. The van der Waals surface area contributed by atoms with Gasteiger partial charge in [0.2, 0.25) is 5.91 Å².